The highest BCUT2D eigenvalue weighted by Gasteiger charge is 2.63. The summed E-state index contributed by atoms with van der Waals surface area (Å²) in [7, 11) is -0.903. The first-order valence-electron chi connectivity index (χ1n) is 9.67. The van der Waals surface area contributed by atoms with Crippen molar-refractivity contribution in [1.29, 1.82) is 0 Å². The molecule has 0 spiro atoms. The van der Waals surface area contributed by atoms with Crippen molar-refractivity contribution in [2.75, 3.05) is 0 Å². The van der Waals surface area contributed by atoms with Crippen LogP contribution in [0.4, 0.5) is 0 Å². The molecule has 0 amide bonds. The second-order valence-electron chi connectivity index (χ2n) is 9.64. The summed E-state index contributed by atoms with van der Waals surface area (Å²) < 4.78 is 25.7. The fourth-order valence-corrected chi connectivity index (χ4v) is 4.25. The Hall–Kier alpha value is -0.590. The third-order valence-electron chi connectivity index (χ3n) is 6.77. The molecule has 1 aromatic rings. The van der Waals surface area contributed by atoms with Gasteiger partial charge < -0.3 is 18.6 Å². The standard InChI is InChI=1S/C20H32B2O4S/c1-10-15(14-11-12-27-13-14)16(21-23-17(2,3)18(4,5)24-21)22-25-19(6,7)20(8,9)26-22/h10-13,15-16H,1H2,2-9H3/t15-/m1/s1. The van der Waals surface area contributed by atoms with Gasteiger partial charge in [-0.2, -0.15) is 11.3 Å². The van der Waals surface area contributed by atoms with Crippen LogP contribution in [0.2, 0.25) is 5.72 Å². The van der Waals surface area contributed by atoms with Gasteiger partial charge >= 0.3 is 14.2 Å². The van der Waals surface area contributed by atoms with E-state index in [1.807, 2.05) is 6.08 Å². The highest BCUT2D eigenvalue weighted by Crippen LogP contribution is 2.50. The van der Waals surface area contributed by atoms with Crippen molar-refractivity contribution in [1.82, 2.24) is 0 Å². The predicted molar refractivity (Wildman–Crippen MR) is 113 cm³/mol. The van der Waals surface area contributed by atoms with E-state index in [0.717, 1.165) is 0 Å². The van der Waals surface area contributed by atoms with Gasteiger partial charge in [0, 0.05) is 11.6 Å². The van der Waals surface area contributed by atoms with Gasteiger partial charge in [-0.25, -0.2) is 0 Å². The van der Waals surface area contributed by atoms with Crippen molar-refractivity contribution in [3.8, 4) is 0 Å². The Bertz CT molecular complexity index is 616. The van der Waals surface area contributed by atoms with Crippen LogP contribution in [0.1, 0.15) is 66.9 Å². The van der Waals surface area contributed by atoms with E-state index < -0.39 is 36.6 Å². The van der Waals surface area contributed by atoms with Crippen LogP contribution < -0.4 is 0 Å². The third-order valence-corrected chi connectivity index (χ3v) is 7.47. The molecule has 1 aromatic heterocycles. The van der Waals surface area contributed by atoms with Gasteiger partial charge in [0.1, 0.15) is 0 Å². The van der Waals surface area contributed by atoms with Crippen molar-refractivity contribution in [2.24, 2.45) is 0 Å². The van der Waals surface area contributed by atoms with Gasteiger partial charge in [-0.05, 0) is 77.8 Å². The minimum absolute atomic E-state index is 0.000602. The van der Waals surface area contributed by atoms with Crippen LogP contribution in [0.5, 0.6) is 0 Å². The quantitative estimate of drug-likeness (QED) is 0.517. The fourth-order valence-electron chi connectivity index (χ4n) is 3.54. The van der Waals surface area contributed by atoms with Gasteiger partial charge in [0.15, 0.2) is 0 Å². The maximum Gasteiger partial charge on any atom is 0.459 e. The molecule has 0 bridgehead atoms. The van der Waals surface area contributed by atoms with E-state index in [1.165, 1.54) is 5.56 Å². The lowest BCUT2D eigenvalue weighted by Gasteiger charge is -2.32. The second kappa shape index (κ2) is 6.74. The first-order chi connectivity index (χ1) is 12.3. The monoisotopic (exact) mass is 390 g/mol. The molecule has 2 saturated heterocycles. The van der Waals surface area contributed by atoms with E-state index in [1.54, 1.807) is 11.3 Å². The molecule has 3 heterocycles. The zero-order valence-electron chi connectivity index (χ0n) is 17.9. The predicted octanol–water partition coefficient (Wildman–Crippen LogP) is 5.11. The molecule has 0 saturated carbocycles. The lowest BCUT2D eigenvalue weighted by atomic mass is 9.46. The number of thiophene rings is 1. The van der Waals surface area contributed by atoms with Gasteiger partial charge in [0.05, 0.1) is 22.4 Å². The van der Waals surface area contributed by atoms with Crippen molar-refractivity contribution in [3.63, 3.8) is 0 Å². The Kier molecular flexibility index (Phi) is 5.27. The van der Waals surface area contributed by atoms with Gasteiger partial charge in [-0.1, -0.05) is 6.08 Å². The zero-order valence-corrected chi connectivity index (χ0v) is 18.7. The van der Waals surface area contributed by atoms with Crippen molar-refractivity contribution in [3.05, 3.63) is 35.0 Å². The van der Waals surface area contributed by atoms with E-state index in [2.05, 4.69) is 78.8 Å². The molecule has 27 heavy (non-hydrogen) atoms. The van der Waals surface area contributed by atoms with Crippen LogP contribution >= 0.6 is 11.3 Å². The molecule has 0 aromatic carbocycles. The average molecular weight is 390 g/mol. The molecule has 7 heteroatoms. The van der Waals surface area contributed by atoms with E-state index >= 15 is 0 Å². The highest BCUT2D eigenvalue weighted by atomic mass is 32.1. The normalized spacial score (nSPS) is 26.6. The lowest BCUT2D eigenvalue weighted by Crippen LogP contribution is -2.41. The Morgan fingerprint density at radius 3 is 1.56 bits per heavy atom. The summed E-state index contributed by atoms with van der Waals surface area (Å²) in [4.78, 5) is 0. The molecule has 0 aliphatic carbocycles. The number of allylic oxidation sites excluding steroid dienone is 1. The summed E-state index contributed by atoms with van der Waals surface area (Å²) in [5.74, 6) is 0.000602. The van der Waals surface area contributed by atoms with Gasteiger partial charge in [0.25, 0.3) is 0 Å². The van der Waals surface area contributed by atoms with Crippen LogP contribution in [0.25, 0.3) is 0 Å². The molecule has 0 unspecified atom stereocenters. The molecule has 0 N–H and O–H groups in total. The Morgan fingerprint density at radius 1 is 0.852 bits per heavy atom. The van der Waals surface area contributed by atoms with E-state index in [-0.39, 0.29) is 11.6 Å². The molecular formula is C20H32B2O4S. The summed E-state index contributed by atoms with van der Waals surface area (Å²) in [6.07, 6.45) is 1.96. The van der Waals surface area contributed by atoms with E-state index in [0.29, 0.717) is 0 Å². The van der Waals surface area contributed by atoms with Gasteiger partial charge in [-0.15, -0.1) is 6.58 Å². The second-order valence-corrected chi connectivity index (χ2v) is 10.4. The molecule has 2 aliphatic rings. The van der Waals surface area contributed by atoms with Gasteiger partial charge in [-0.3, -0.25) is 0 Å². The minimum atomic E-state index is -0.451. The Balaban J connectivity index is 2.00. The average Bonchev–Trinajstić information content (AvgIpc) is 3.14. The first-order valence-corrected chi connectivity index (χ1v) is 10.6. The summed E-state index contributed by atoms with van der Waals surface area (Å²) in [6, 6.07) is 2.13. The summed E-state index contributed by atoms with van der Waals surface area (Å²) in [5.41, 5.74) is -0.650. The molecule has 148 valence electrons. The maximum atomic E-state index is 6.43. The topological polar surface area (TPSA) is 36.9 Å². The van der Waals surface area contributed by atoms with E-state index in [9.17, 15) is 0 Å². The molecule has 2 aliphatic heterocycles. The smallest absolute Gasteiger partial charge is 0.403 e. The SMILES string of the molecule is C=C[C@H](c1ccsc1)C(B1OC(C)(C)C(C)(C)O1)B1OC(C)(C)C(C)(C)O1. The van der Waals surface area contributed by atoms with Gasteiger partial charge in [0.2, 0.25) is 0 Å². The summed E-state index contributed by atoms with van der Waals surface area (Å²) in [6.45, 7) is 20.7. The largest absolute Gasteiger partial charge is 0.459 e. The van der Waals surface area contributed by atoms with Crippen LogP contribution in [0, 0.1) is 0 Å². The molecule has 2 fully saturated rings. The highest BCUT2D eigenvalue weighted by molar-refractivity contribution is 7.08. The Labute approximate surface area is 168 Å². The summed E-state index contributed by atoms with van der Waals surface area (Å²) in [5, 5.41) is 4.23. The minimum Gasteiger partial charge on any atom is -0.403 e. The third kappa shape index (κ3) is 3.58. The number of rotatable bonds is 5. The molecule has 0 radical (unpaired) electrons. The zero-order chi connectivity index (χ0) is 20.3. The first kappa shape index (κ1) is 21.1. The lowest BCUT2D eigenvalue weighted by molar-refractivity contribution is 0.00578. The van der Waals surface area contributed by atoms with Crippen molar-refractivity contribution in [2.45, 2.75) is 89.4 Å². The van der Waals surface area contributed by atoms with Crippen LogP contribution in [0.3, 0.4) is 0 Å². The molecule has 1 atom stereocenters. The van der Waals surface area contributed by atoms with Crippen LogP contribution in [-0.2, 0) is 18.6 Å². The van der Waals surface area contributed by atoms with Crippen LogP contribution in [-0.4, -0.2) is 36.6 Å². The van der Waals surface area contributed by atoms with Crippen molar-refractivity contribution < 1.29 is 18.6 Å². The molecular weight excluding hydrogens is 358 g/mol. The van der Waals surface area contributed by atoms with Crippen LogP contribution in [0.15, 0.2) is 29.5 Å². The van der Waals surface area contributed by atoms with Crippen molar-refractivity contribution >= 4 is 25.6 Å². The molecule has 4 nitrogen and oxygen atoms in total. The Morgan fingerprint density at radius 2 is 1.26 bits per heavy atom. The summed E-state index contributed by atoms with van der Waals surface area (Å²) >= 11 is 1.67. The molecule has 3 rings (SSSR count). The van der Waals surface area contributed by atoms with E-state index in [4.69, 9.17) is 18.6 Å². The fraction of sp³-hybridized carbons (Fsp3) is 0.700. The maximum absolute atomic E-state index is 6.43. The number of hydrogen-bond donors (Lipinski definition) is 0. The number of hydrogen-bond acceptors (Lipinski definition) is 5.